The van der Waals surface area contributed by atoms with Crippen molar-refractivity contribution >= 4 is 11.8 Å². The van der Waals surface area contributed by atoms with Gasteiger partial charge in [-0.25, -0.2) is 0 Å². The van der Waals surface area contributed by atoms with Crippen LogP contribution >= 0.6 is 11.8 Å². The molecule has 254 valence electrons. The highest BCUT2D eigenvalue weighted by Gasteiger charge is 1.98. The highest BCUT2D eigenvalue weighted by molar-refractivity contribution is 7.99. The van der Waals surface area contributed by atoms with Crippen LogP contribution in [0.5, 0.6) is 0 Å². The topological polar surface area (TPSA) is 0 Å². The van der Waals surface area contributed by atoms with Gasteiger partial charge in [0.25, 0.3) is 0 Å². The molecule has 0 amide bonds. The van der Waals surface area contributed by atoms with Gasteiger partial charge in [-0.05, 0) is 30.3 Å². The Morgan fingerprint density at radius 2 is 0.500 bits per heavy atom. The van der Waals surface area contributed by atoms with Gasteiger partial charge < -0.3 is 0 Å². The number of thioether (sulfide) groups is 1. The van der Waals surface area contributed by atoms with Crippen molar-refractivity contribution in [1.82, 2.24) is 0 Å². The van der Waals surface area contributed by atoms with Crippen LogP contribution in [0.4, 0.5) is 0 Å². The van der Waals surface area contributed by atoms with E-state index in [2.05, 4.69) is 32.5 Å². The van der Waals surface area contributed by atoms with Gasteiger partial charge in [0.2, 0.25) is 0 Å². The van der Waals surface area contributed by atoms with E-state index in [1.165, 1.54) is 236 Å². The molecule has 0 bridgehead atoms. The Bertz CT molecular complexity index is 444. The molecule has 0 aliphatic carbocycles. The summed E-state index contributed by atoms with van der Waals surface area (Å²) >= 11 is 2.22. The molecule has 1 heteroatoms. The number of unbranched alkanes of at least 4 members (excludes halogenated alkanes) is 32. The zero-order chi connectivity index (χ0) is 30.4. The summed E-state index contributed by atoms with van der Waals surface area (Å²) in [6.45, 7) is 7.01. The average molecular weight is 609 g/mol. The first-order valence-electron chi connectivity index (χ1n) is 20.3. The van der Waals surface area contributed by atoms with E-state index < -0.39 is 0 Å². The van der Waals surface area contributed by atoms with Crippen molar-refractivity contribution in [3.63, 3.8) is 0 Å². The first-order chi connectivity index (χ1) is 20.8. The first-order valence-corrected chi connectivity index (χ1v) is 21.5. The summed E-state index contributed by atoms with van der Waals surface area (Å²) in [5, 5.41) is 0. The lowest BCUT2D eigenvalue weighted by Crippen LogP contribution is -1.88. The van der Waals surface area contributed by atoms with Crippen molar-refractivity contribution in [3.8, 4) is 0 Å². The van der Waals surface area contributed by atoms with Gasteiger partial charge in [-0.15, -0.1) is 0 Å². The lowest BCUT2D eigenvalue weighted by molar-refractivity contribution is 0.509. The van der Waals surface area contributed by atoms with Crippen LogP contribution in [0.1, 0.15) is 245 Å². The van der Waals surface area contributed by atoms with Gasteiger partial charge in [-0.3, -0.25) is 0 Å². The fraction of sp³-hybridized carbons (Fsp3) is 1.00. The molecule has 0 aliphatic rings. The zero-order valence-corrected chi connectivity index (χ0v) is 31.0. The third-order valence-corrected chi connectivity index (χ3v) is 10.6. The largest absolute Gasteiger partial charge is 0.162 e. The summed E-state index contributed by atoms with van der Waals surface area (Å²) in [5.74, 6) is 3.72. The Balaban J connectivity index is 3.03. The molecule has 0 atom stereocenters. The predicted molar refractivity (Wildman–Crippen MR) is 199 cm³/mol. The number of hydrogen-bond acceptors (Lipinski definition) is 1. The van der Waals surface area contributed by atoms with Crippen molar-refractivity contribution in [2.45, 2.75) is 245 Å². The van der Waals surface area contributed by atoms with Crippen LogP contribution in [0.2, 0.25) is 0 Å². The Morgan fingerprint density at radius 3 is 0.738 bits per heavy atom. The summed E-state index contributed by atoms with van der Waals surface area (Å²) in [5.41, 5.74) is 0. The molecule has 0 saturated heterocycles. The standard InChI is InChI=1S/C41H84S/c1-4-5-6-7-8-9-10-11-12-13-14-15-16-17-18-19-20-21-22-23-24-25-27-30-33-36-39-42-40-37-34-31-28-26-29-32-35-38-41(2)3/h41H,4-40H2,1-3H3. The summed E-state index contributed by atoms with van der Waals surface area (Å²) in [4.78, 5) is 0. The van der Waals surface area contributed by atoms with Crippen molar-refractivity contribution in [2.75, 3.05) is 11.5 Å². The van der Waals surface area contributed by atoms with Crippen LogP contribution in [-0.4, -0.2) is 11.5 Å². The summed E-state index contributed by atoms with van der Waals surface area (Å²) in [6, 6.07) is 0. The van der Waals surface area contributed by atoms with Crippen LogP contribution < -0.4 is 0 Å². The highest BCUT2D eigenvalue weighted by atomic mass is 32.2. The third kappa shape index (κ3) is 40.4. The lowest BCUT2D eigenvalue weighted by atomic mass is 10.0. The minimum absolute atomic E-state index is 0.894. The normalized spacial score (nSPS) is 11.7. The van der Waals surface area contributed by atoms with E-state index >= 15 is 0 Å². The van der Waals surface area contributed by atoms with Crippen LogP contribution in [0, 0.1) is 5.92 Å². The Kier molecular flexibility index (Phi) is 39.7. The molecule has 0 saturated carbocycles. The maximum absolute atomic E-state index is 2.35. The molecule has 0 N–H and O–H groups in total. The van der Waals surface area contributed by atoms with Gasteiger partial charge in [0.05, 0.1) is 0 Å². The maximum Gasteiger partial charge on any atom is -0.00675 e. The fourth-order valence-corrected chi connectivity index (χ4v) is 7.46. The molecular formula is C41H84S. The molecule has 0 aromatic heterocycles. The third-order valence-electron chi connectivity index (χ3n) is 9.46. The average Bonchev–Trinajstić information content (AvgIpc) is 2.98. The summed E-state index contributed by atoms with van der Waals surface area (Å²) in [7, 11) is 0. The zero-order valence-electron chi connectivity index (χ0n) is 30.1. The summed E-state index contributed by atoms with van der Waals surface area (Å²) in [6.07, 6.45) is 51.7. The maximum atomic E-state index is 2.35. The van der Waals surface area contributed by atoms with Crippen LogP contribution in [-0.2, 0) is 0 Å². The second-order valence-corrected chi connectivity index (χ2v) is 15.7. The molecule has 0 radical (unpaired) electrons. The second-order valence-electron chi connectivity index (χ2n) is 14.5. The molecule has 0 fully saturated rings. The Morgan fingerprint density at radius 1 is 0.286 bits per heavy atom. The summed E-state index contributed by atoms with van der Waals surface area (Å²) < 4.78 is 0. The minimum Gasteiger partial charge on any atom is -0.162 e. The minimum atomic E-state index is 0.894. The van der Waals surface area contributed by atoms with Crippen LogP contribution in [0.25, 0.3) is 0 Å². The van der Waals surface area contributed by atoms with E-state index in [4.69, 9.17) is 0 Å². The first kappa shape index (κ1) is 42.3. The van der Waals surface area contributed by atoms with E-state index in [0.29, 0.717) is 0 Å². The number of hydrogen-bond donors (Lipinski definition) is 0. The van der Waals surface area contributed by atoms with Gasteiger partial charge in [0, 0.05) is 0 Å². The molecule has 0 spiro atoms. The van der Waals surface area contributed by atoms with Crippen molar-refractivity contribution in [1.29, 1.82) is 0 Å². The highest BCUT2D eigenvalue weighted by Crippen LogP contribution is 2.17. The van der Waals surface area contributed by atoms with Crippen LogP contribution in [0.15, 0.2) is 0 Å². The quantitative estimate of drug-likeness (QED) is 0.0628. The van der Waals surface area contributed by atoms with Gasteiger partial charge in [0.15, 0.2) is 0 Å². The molecule has 0 rings (SSSR count). The molecular weight excluding hydrogens is 525 g/mol. The molecule has 0 aromatic rings. The molecule has 0 nitrogen and oxygen atoms in total. The van der Waals surface area contributed by atoms with Crippen molar-refractivity contribution < 1.29 is 0 Å². The number of rotatable bonds is 38. The van der Waals surface area contributed by atoms with Gasteiger partial charge >= 0.3 is 0 Å². The molecule has 0 unspecified atom stereocenters. The molecule has 42 heavy (non-hydrogen) atoms. The van der Waals surface area contributed by atoms with E-state index in [1.54, 1.807) is 0 Å². The molecule has 0 aromatic carbocycles. The molecule has 0 aliphatic heterocycles. The predicted octanol–water partition coefficient (Wildman–Crippen LogP) is 16.0. The van der Waals surface area contributed by atoms with Crippen molar-refractivity contribution in [2.24, 2.45) is 5.92 Å². The van der Waals surface area contributed by atoms with E-state index in [1.807, 2.05) is 0 Å². The Hall–Kier alpha value is 0.350. The Labute approximate surface area is 273 Å². The fourth-order valence-electron chi connectivity index (χ4n) is 6.44. The van der Waals surface area contributed by atoms with Gasteiger partial charge in [0.1, 0.15) is 0 Å². The SMILES string of the molecule is CCCCCCCCCCCCCCCCCCCCCCCCCCCCSCCCCCCCCCCC(C)C. The lowest BCUT2D eigenvalue weighted by Gasteiger charge is -2.05. The monoisotopic (exact) mass is 609 g/mol. The van der Waals surface area contributed by atoms with E-state index in [9.17, 15) is 0 Å². The van der Waals surface area contributed by atoms with Gasteiger partial charge in [-0.1, -0.05) is 233 Å². The smallest absolute Gasteiger partial charge is 0.00675 e. The van der Waals surface area contributed by atoms with E-state index in [0.717, 1.165) is 5.92 Å². The molecule has 0 heterocycles. The van der Waals surface area contributed by atoms with Crippen LogP contribution in [0.3, 0.4) is 0 Å². The van der Waals surface area contributed by atoms with Crippen molar-refractivity contribution in [3.05, 3.63) is 0 Å². The van der Waals surface area contributed by atoms with Gasteiger partial charge in [-0.2, -0.15) is 11.8 Å². The second kappa shape index (κ2) is 39.4. The van der Waals surface area contributed by atoms with E-state index in [-0.39, 0.29) is 0 Å².